The molecule has 2 heterocycles. The fourth-order valence-electron chi connectivity index (χ4n) is 2.58. The Labute approximate surface area is 128 Å². The summed E-state index contributed by atoms with van der Waals surface area (Å²) in [5, 5.41) is 4.85. The predicted molar refractivity (Wildman–Crippen MR) is 80.1 cm³/mol. The molecule has 0 radical (unpaired) electrons. The summed E-state index contributed by atoms with van der Waals surface area (Å²) in [6.07, 6.45) is 1.63. The maximum absolute atomic E-state index is 6.40. The molecule has 2 aromatic rings. The van der Waals surface area contributed by atoms with Gasteiger partial charge in [-0.05, 0) is 16.7 Å². The number of ether oxygens (including phenoxy) is 2. The van der Waals surface area contributed by atoms with Crippen LogP contribution in [0.25, 0.3) is 0 Å². The highest BCUT2D eigenvalue weighted by Gasteiger charge is 2.20. The minimum Gasteiger partial charge on any atom is -0.383 e. The number of methoxy groups -OCH3 is 1. The van der Waals surface area contributed by atoms with Crippen molar-refractivity contribution in [2.75, 3.05) is 13.7 Å². The van der Waals surface area contributed by atoms with Crippen molar-refractivity contribution < 1.29 is 9.47 Å². The lowest BCUT2D eigenvalue weighted by atomic mass is 9.99. The first-order valence-corrected chi connectivity index (χ1v) is 7.23. The van der Waals surface area contributed by atoms with Crippen LogP contribution in [0.1, 0.15) is 28.4 Å². The summed E-state index contributed by atoms with van der Waals surface area (Å²) < 4.78 is 12.3. The summed E-state index contributed by atoms with van der Waals surface area (Å²) in [4.78, 5) is 0. The largest absolute Gasteiger partial charge is 0.383 e. The Morgan fingerprint density at radius 3 is 3.05 bits per heavy atom. The van der Waals surface area contributed by atoms with Crippen molar-refractivity contribution in [3.05, 3.63) is 51.8 Å². The zero-order valence-corrected chi connectivity index (χ0v) is 12.6. The van der Waals surface area contributed by atoms with E-state index in [0.29, 0.717) is 31.4 Å². The van der Waals surface area contributed by atoms with E-state index in [4.69, 9.17) is 26.8 Å². The molecule has 1 atom stereocenters. The first kappa shape index (κ1) is 14.5. The highest BCUT2D eigenvalue weighted by molar-refractivity contribution is 6.31. The molecule has 1 aliphatic heterocycles. The van der Waals surface area contributed by atoms with Gasteiger partial charge < -0.3 is 15.2 Å². The van der Waals surface area contributed by atoms with Crippen molar-refractivity contribution in [1.82, 2.24) is 9.78 Å². The van der Waals surface area contributed by atoms with E-state index >= 15 is 0 Å². The number of aromatic nitrogens is 2. The third-order valence-electron chi connectivity index (χ3n) is 3.74. The summed E-state index contributed by atoms with van der Waals surface area (Å²) in [7, 11) is 1.66. The van der Waals surface area contributed by atoms with E-state index in [1.807, 2.05) is 6.07 Å². The lowest BCUT2D eigenvalue weighted by molar-refractivity contribution is 0.134. The van der Waals surface area contributed by atoms with Crippen molar-refractivity contribution in [3.8, 4) is 0 Å². The summed E-state index contributed by atoms with van der Waals surface area (Å²) in [6.45, 7) is 2.51. The number of nitrogens with two attached hydrogens (primary N) is 1. The van der Waals surface area contributed by atoms with Crippen LogP contribution in [-0.2, 0) is 29.2 Å². The van der Waals surface area contributed by atoms with E-state index in [1.54, 1.807) is 18.0 Å². The molecule has 0 amide bonds. The average molecular weight is 308 g/mol. The fourth-order valence-corrected chi connectivity index (χ4v) is 2.84. The molecular weight excluding hydrogens is 290 g/mol. The van der Waals surface area contributed by atoms with Crippen LogP contribution < -0.4 is 5.73 Å². The number of halogens is 1. The highest BCUT2D eigenvalue weighted by Crippen LogP contribution is 2.29. The number of benzene rings is 1. The lowest BCUT2D eigenvalue weighted by Crippen LogP contribution is -2.19. The van der Waals surface area contributed by atoms with E-state index in [-0.39, 0.29) is 6.04 Å². The molecule has 112 valence electrons. The van der Waals surface area contributed by atoms with Crippen LogP contribution in [-0.4, -0.2) is 23.5 Å². The third-order valence-corrected chi connectivity index (χ3v) is 4.03. The molecule has 21 heavy (non-hydrogen) atoms. The van der Waals surface area contributed by atoms with Crippen LogP contribution in [0.15, 0.2) is 24.4 Å². The molecular formula is C15H18ClN3O2. The predicted octanol–water partition coefficient (Wildman–Crippen LogP) is 2.26. The van der Waals surface area contributed by atoms with Crippen molar-refractivity contribution in [2.45, 2.75) is 25.8 Å². The Balaban J connectivity index is 1.91. The zero-order chi connectivity index (χ0) is 14.8. The van der Waals surface area contributed by atoms with Gasteiger partial charge in [-0.2, -0.15) is 5.10 Å². The van der Waals surface area contributed by atoms with E-state index in [2.05, 4.69) is 17.2 Å². The molecule has 0 spiro atoms. The maximum Gasteiger partial charge on any atom is 0.0837 e. The van der Waals surface area contributed by atoms with Gasteiger partial charge in [0.2, 0.25) is 0 Å². The molecule has 0 bridgehead atoms. The summed E-state index contributed by atoms with van der Waals surface area (Å²) in [5.41, 5.74) is 10.7. The Morgan fingerprint density at radius 1 is 1.43 bits per heavy atom. The quantitative estimate of drug-likeness (QED) is 0.920. The molecule has 1 aromatic heterocycles. The average Bonchev–Trinajstić information content (AvgIpc) is 3.10. The molecule has 0 saturated carbocycles. The number of rotatable bonds is 5. The van der Waals surface area contributed by atoms with Crippen molar-refractivity contribution in [1.29, 1.82) is 0 Å². The van der Waals surface area contributed by atoms with E-state index in [0.717, 1.165) is 11.3 Å². The number of hydrogen-bond donors (Lipinski definition) is 1. The Bertz CT molecular complexity index is 642. The molecule has 0 saturated heterocycles. The second-order valence-corrected chi connectivity index (χ2v) is 5.50. The highest BCUT2D eigenvalue weighted by atomic mass is 35.5. The molecule has 0 fully saturated rings. The minimum absolute atomic E-state index is 0.317. The number of nitrogens with zero attached hydrogens (tertiary/aromatic N) is 2. The second-order valence-electron chi connectivity index (χ2n) is 5.09. The van der Waals surface area contributed by atoms with E-state index in [1.165, 1.54) is 11.1 Å². The normalized spacial score (nSPS) is 15.2. The number of fused-ring (bicyclic) bond motifs is 1. The SMILES string of the molecule is COCCn1ncc(Cl)c1C(N)c1ccc2c(c1)COC2. The molecule has 3 rings (SSSR count). The molecule has 1 aliphatic rings. The van der Waals surface area contributed by atoms with Gasteiger partial charge in [0.25, 0.3) is 0 Å². The van der Waals surface area contributed by atoms with Crippen molar-refractivity contribution in [2.24, 2.45) is 5.73 Å². The smallest absolute Gasteiger partial charge is 0.0837 e. The van der Waals surface area contributed by atoms with Gasteiger partial charge >= 0.3 is 0 Å². The van der Waals surface area contributed by atoms with E-state index < -0.39 is 0 Å². The number of hydrogen-bond acceptors (Lipinski definition) is 4. The fraction of sp³-hybridized carbons (Fsp3) is 0.400. The summed E-state index contributed by atoms with van der Waals surface area (Å²) >= 11 is 6.26. The minimum atomic E-state index is -0.317. The van der Waals surface area contributed by atoms with Gasteiger partial charge in [-0.1, -0.05) is 29.8 Å². The van der Waals surface area contributed by atoms with Crippen LogP contribution in [0, 0.1) is 0 Å². The van der Waals surface area contributed by atoms with Gasteiger partial charge in [0.1, 0.15) is 0 Å². The van der Waals surface area contributed by atoms with Gasteiger partial charge in [-0.25, -0.2) is 0 Å². The van der Waals surface area contributed by atoms with Gasteiger partial charge in [0, 0.05) is 7.11 Å². The van der Waals surface area contributed by atoms with Gasteiger partial charge in [-0.15, -0.1) is 0 Å². The second kappa shape index (κ2) is 6.15. The molecule has 0 aliphatic carbocycles. The maximum atomic E-state index is 6.40. The molecule has 2 N–H and O–H groups in total. The Kier molecular flexibility index (Phi) is 4.26. The molecule has 6 heteroatoms. The topological polar surface area (TPSA) is 62.3 Å². The first-order chi connectivity index (χ1) is 10.2. The summed E-state index contributed by atoms with van der Waals surface area (Å²) in [6, 6.07) is 5.88. The monoisotopic (exact) mass is 307 g/mol. The van der Waals surface area contributed by atoms with Gasteiger partial charge in [-0.3, -0.25) is 4.68 Å². The van der Waals surface area contributed by atoms with Crippen molar-refractivity contribution >= 4 is 11.6 Å². The molecule has 1 aromatic carbocycles. The van der Waals surface area contributed by atoms with Gasteiger partial charge in [0.05, 0.1) is 49.3 Å². The van der Waals surface area contributed by atoms with Crippen LogP contribution in [0.5, 0.6) is 0 Å². The standard InChI is InChI=1S/C15H18ClN3O2/c1-20-5-4-19-15(13(16)7-18-19)14(17)10-2-3-11-8-21-9-12(11)6-10/h2-3,6-7,14H,4-5,8-9,17H2,1H3. The van der Waals surface area contributed by atoms with Crippen LogP contribution in [0.3, 0.4) is 0 Å². The lowest BCUT2D eigenvalue weighted by Gasteiger charge is -2.16. The van der Waals surface area contributed by atoms with Crippen LogP contribution >= 0.6 is 11.6 Å². The molecule has 1 unspecified atom stereocenters. The van der Waals surface area contributed by atoms with Gasteiger partial charge in [0.15, 0.2) is 0 Å². The van der Waals surface area contributed by atoms with Crippen molar-refractivity contribution in [3.63, 3.8) is 0 Å². The Hall–Kier alpha value is -1.40. The van der Waals surface area contributed by atoms with Crippen LogP contribution in [0.4, 0.5) is 0 Å². The summed E-state index contributed by atoms with van der Waals surface area (Å²) in [5.74, 6) is 0. The van der Waals surface area contributed by atoms with E-state index in [9.17, 15) is 0 Å². The first-order valence-electron chi connectivity index (χ1n) is 6.86. The third kappa shape index (κ3) is 2.82. The zero-order valence-electron chi connectivity index (χ0n) is 11.9. The molecule has 5 nitrogen and oxygen atoms in total. The van der Waals surface area contributed by atoms with Crippen LogP contribution in [0.2, 0.25) is 5.02 Å². The Morgan fingerprint density at radius 2 is 2.24 bits per heavy atom.